The van der Waals surface area contributed by atoms with E-state index in [-0.39, 0.29) is 21.7 Å². The van der Waals surface area contributed by atoms with Crippen LogP contribution in [-0.4, -0.2) is 5.11 Å². The summed E-state index contributed by atoms with van der Waals surface area (Å²) in [5.41, 5.74) is 4.03. The summed E-state index contributed by atoms with van der Waals surface area (Å²) in [6.45, 7) is 5.80. The zero-order valence-corrected chi connectivity index (χ0v) is 12.2. The standard InChI is InChI=1S/C15H18O.Ti/c1-11-7-6-9-12(11)13-8-4-5-10-14(13)15(2,3)16;/h4-8,10,16H,9H2,1-3H3;. The maximum atomic E-state index is 10.2. The van der Waals surface area contributed by atoms with E-state index in [1.165, 1.54) is 16.7 Å². The van der Waals surface area contributed by atoms with Crippen LogP contribution in [0.2, 0.25) is 0 Å². The number of aliphatic hydroxyl groups is 1. The van der Waals surface area contributed by atoms with E-state index in [4.69, 9.17) is 0 Å². The first kappa shape index (κ1) is 14.4. The molecule has 88 valence electrons. The third kappa shape index (κ3) is 2.98. The van der Waals surface area contributed by atoms with Crippen molar-refractivity contribution in [1.82, 2.24) is 0 Å². The Kier molecular flexibility index (Phi) is 4.54. The number of rotatable bonds is 2. The molecular weight excluding hydrogens is 244 g/mol. The Bertz CT molecular complexity index is 464. The molecule has 0 amide bonds. The SMILES string of the molecule is CC1=C(c2ccccc2C(C)(C)O)CC=C1.[Ti]. The van der Waals surface area contributed by atoms with Crippen molar-refractivity contribution in [3.8, 4) is 0 Å². The first-order valence-electron chi connectivity index (χ1n) is 5.68. The van der Waals surface area contributed by atoms with Gasteiger partial charge in [0.15, 0.2) is 0 Å². The van der Waals surface area contributed by atoms with Gasteiger partial charge < -0.3 is 5.11 Å². The summed E-state index contributed by atoms with van der Waals surface area (Å²) in [6.07, 6.45) is 5.29. The zero-order chi connectivity index (χ0) is 11.8. The molecule has 0 unspecified atom stereocenters. The van der Waals surface area contributed by atoms with Gasteiger partial charge in [0.25, 0.3) is 0 Å². The monoisotopic (exact) mass is 262 g/mol. The molecule has 1 aliphatic rings. The van der Waals surface area contributed by atoms with Gasteiger partial charge in [0.05, 0.1) is 5.60 Å². The third-order valence-electron chi connectivity index (χ3n) is 3.08. The summed E-state index contributed by atoms with van der Waals surface area (Å²) in [6, 6.07) is 8.12. The Balaban J connectivity index is 0.00000144. The molecule has 1 aromatic rings. The molecule has 0 bridgehead atoms. The summed E-state index contributed by atoms with van der Waals surface area (Å²) < 4.78 is 0. The topological polar surface area (TPSA) is 20.2 Å². The second-order valence-electron chi connectivity index (χ2n) is 4.87. The molecule has 0 aromatic heterocycles. The predicted molar refractivity (Wildman–Crippen MR) is 68.0 cm³/mol. The van der Waals surface area contributed by atoms with E-state index in [0.29, 0.717) is 0 Å². The van der Waals surface area contributed by atoms with Gasteiger partial charge >= 0.3 is 0 Å². The van der Waals surface area contributed by atoms with Gasteiger partial charge in [0.2, 0.25) is 0 Å². The quantitative estimate of drug-likeness (QED) is 0.807. The van der Waals surface area contributed by atoms with Crippen molar-refractivity contribution in [3.63, 3.8) is 0 Å². The van der Waals surface area contributed by atoms with Gasteiger partial charge in [-0.1, -0.05) is 36.4 Å². The second-order valence-corrected chi connectivity index (χ2v) is 4.87. The van der Waals surface area contributed by atoms with E-state index >= 15 is 0 Å². The van der Waals surface area contributed by atoms with Crippen LogP contribution in [0.4, 0.5) is 0 Å². The van der Waals surface area contributed by atoms with Crippen molar-refractivity contribution in [2.24, 2.45) is 0 Å². The molecule has 0 spiro atoms. The summed E-state index contributed by atoms with van der Waals surface area (Å²) >= 11 is 0. The number of benzene rings is 1. The summed E-state index contributed by atoms with van der Waals surface area (Å²) in [5.74, 6) is 0. The van der Waals surface area contributed by atoms with Crippen molar-refractivity contribution in [2.45, 2.75) is 32.8 Å². The third-order valence-corrected chi connectivity index (χ3v) is 3.08. The van der Waals surface area contributed by atoms with E-state index in [1.54, 1.807) is 0 Å². The van der Waals surface area contributed by atoms with Gasteiger partial charge in [-0.05, 0) is 49.5 Å². The van der Waals surface area contributed by atoms with Gasteiger partial charge in [-0.3, -0.25) is 0 Å². The molecule has 1 N–H and O–H groups in total. The van der Waals surface area contributed by atoms with Crippen LogP contribution in [0.3, 0.4) is 0 Å². The molecule has 1 aromatic carbocycles. The van der Waals surface area contributed by atoms with Crippen LogP contribution in [0.5, 0.6) is 0 Å². The van der Waals surface area contributed by atoms with Crippen molar-refractivity contribution >= 4 is 5.57 Å². The Morgan fingerprint density at radius 2 is 1.82 bits per heavy atom. The molecule has 0 radical (unpaired) electrons. The van der Waals surface area contributed by atoms with Crippen LogP contribution in [0, 0.1) is 0 Å². The normalized spacial score (nSPS) is 15.1. The van der Waals surface area contributed by atoms with Crippen molar-refractivity contribution in [1.29, 1.82) is 0 Å². The van der Waals surface area contributed by atoms with Crippen LogP contribution in [-0.2, 0) is 27.3 Å². The maximum Gasteiger partial charge on any atom is 0.0846 e. The van der Waals surface area contributed by atoms with Crippen LogP contribution in [0.25, 0.3) is 5.57 Å². The Morgan fingerprint density at radius 1 is 1.18 bits per heavy atom. The molecule has 1 aliphatic carbocycles. The zero-order valence-electron chi connectivity index (χ0n) is 10.6. The second kappa shape index (κ2) is 5.35. The van der Waals surface area contributed by atoms with Gasteiger partial charge in [-0.15, -0.1) is 0 Å². The van der Waals surface area contributed by atoms with Gasteiger partial charge in [-0.2, -0.15) is 0 Å². The Morgan fingerprint density at radius 3 is 2.35 bits per heavy atom. The largest absolute Gasteiger partial charge is 0.386 e. The summed E-state index contributed by atoms with van der Waals surface area (Å²) in [7, 11) is 0. The number of hydrogen-bond acceptors (Lipinski definition) is 1. The van der Waals surface area contributed by atoms with Gasteiger partial charge in [-0.25, -0.2) is 0 Å². The first-order chi connectivity index (χ1) is 7.50. The fraction of sp³-hybridized carbons (Fsp3) is 0.333. The molecule has 0 heterocycles. The van der Waals surface area contributed by atoms with Crippen molar-refractivity contribution < 1.29 is 26.8 Å². The number of hydrogen-bond donors (Lipinski definition) is 1. The van der Waals surface area contributed by atoms with Crippen LogP contribution >= 0.6 is 0 Å². The van der Waals surface area contributed by atoms with Gasteiger partial charge in [0, 0.05) is 21.7 Å². The minimum Gasteiger partial charge on any atom is -0.386 e. The van der Waals surface area contributed by atoms with E-state index in [9.17, 15) is 5.11 Å². The summed E-state index contributed by atoms with van der Waals surface area (Å²) in [5, 5.41) is 10.2. The van der Waals surface area contributed by atoms with Crippen LogP contribution < -0.4 is 0 Å². The molecule has 1 nitrogen and oxygen atoms in total. The number of allylic oxidation sites excluding steroid dienone is 4. The molecule has 0 atom stereocenters. The Labute approximate surface area is 118 Å². The minimum absolute atomic E-state index is 0. The predicted octanol–water partition coefficient (Wildman–Crippen LogP) is 3.64. The average Bonchev–Trinajstić information content (AvgIpc) is 2.63. The molecule has 2 rings (SSSR count). The van der Waals surface area contributed by atoms with E-state index in [1.807, 2.05) is 32.0 Å². The minimum atomic E-state index is -0.785. The van der Waals surface area contributed by atoms with Crippen LogP contribution in [0.15, 0.2) is 42.0 Å². The summed E-state index contributed by atoms with van der Waals surface area (Å²) in [4.78, 5) is 0. The maximum absolute atomic E-state index is 10.2. The smallest absolute Gasteiger partial charge is 0.0846 e. The van der Waals surface area contributed by atoms with Crippen LogP contribution in [0.1, 0.15) is 38.3 Å². The molecule has 0 fully saturated rings. The van der Waals surface area contributed by atoms with E-state index < -0.39 is 5.60 Å². The van der Waals surface area contributed by atoms with Gasteiger partial charge in [0.1, 0.15) is 0 Å². The first-order valence-corrected chi connectivity index (χ1v) is 5.68. The molecule has 17 heavy (non-hydrogen) atoms. The average molecular weight is 262 g/mol. The van der Waals surface area contributed by atoms with E-state index in [0.717, 1.165) is 12.0 Å². The molecule has 2 heteroatoms. The molecule has 0 aliphatic heterocycles. The Hall–Kier alpha value is -0.626. The van der Waals surface area contributed by atoms with Crippen molar-refractivity contribution in [3.05, 3.63) is 53.1 Å². The molecule has 0 saturated carbocycles. The molecule has 0 saturated heterocycles. The fourth-order valence-corrected chi connectivity index (χ4v) is 2.22. The molecular formula is C15H18OTi. The van der Waals surface area contributed by atoms with E-state index in [2.05, 4.69) is 25.1 Å². The van der Waals surface area contributed by atoms with Crippen molar-refractivity contribution in [2.75, 3.05) is 0 Å². The fourth-order valence-electron chi connectivity index (χ4n) is 2.22.